The summed E-state index contributed by atoms with van der Waals surface area (Å²) in [5.74, 6) is -0.0608. The molecular weight excluding hydrogens is 268 g/mol. The van der Waals surface area contributed by atoms with Crippen molar-refractivity contribution in [2.75, 3.05) is 32.1 Å². The second-order valence-electron chi connectivity index (χ2n) is 4.84. The molecule has 1 amide bonds. The number of ether oxygens (including phenoxy) is 1. The predicted molar refractivity (Wildman–Crippen MR) is 83.7 cm³/mol. The van der Waals surface area contributed by atoms with E-state index < -0.39 is 0 Å². The molecule has 0 bridgehead atoms. The highest BCUT2D eigenvalue weighted by atomic mass is 16.5. The standard InChI is InChI=1S/C16H24N2O3/c1-3-10-17-14-8-6-13(7-9-14)16(20)18-11-4-5-15(19)12-21-2/h6-9,17H,3-5,10-12H2,1-2H3,(H,18,20). The Morgan fingerprint density at radius 1 is 1.14 bits per heavy atom. The first-order valence-corrected chi connectivity index (χ1v) is 7.30. The molecule has 0 aliphatic rings. The van der Waals surface area contributed by atoms with Crippen molar-refractivity contribution < 1.29 is 14.3 Å². The minimum absolute atomic E-state index is 0.0538. The van der Waals surface area contributed by atoms with Crippen molar-refractivity contribution in [3.8, 4) is 0 Å². The van der Waals surface area contributed by atoms with Crippen molar-refractivity contribution in [1.82, 2.24) is 5.32 Å². The van der Waals surface area contributed by atoms with Crippen LogP contribution in [0.5, 0.6) is 0 Å². The normalized spacial score (nSPS) is 10.2. The molecule has 0 unspecified atom stereocenters. The molecule has 1 rings (SSSR count). The molecule has 0 saturated heterocycles. The van der Waals surface area contributed by atoms with Crippen LogP contribution in [0.4, 0.5) is 5.69 Å². The fourth-order valence-corrected chi connectivity index (χ4v) is 1.83. The summed E-state index contributed by atoms with van der Waals surface area (Å²) in [4.78, 5) is 23.1. The Balaban J connectivity index is 2.30. The fourth-order valence-electron chi connectivity index (χ4n) is 1.83. The Bertz CT molecular complexity index is 443. The van der Waals surface area contributed by atoms with Crippen LogP contribution in [0, 0.1) is 0 Å². The third kappa shape index (κ3) is 6.90. The molecular formula is C16H24N2O3. The topological polar surface area (TPSA) is 67.4 Å². The number of nitrogens with one attached hydrogen (secondary N) is 2. The number of anilines is 1. The van der Waals surface area contributed by atoms with Gasteiger partial charge in [-0.15, -0.1) is 0 Å². The molecule has 1 aromatic carbocycles. The summed E-state index contributed by atoms with van der Waals surface area (Å²) in [7, 11) is 1.50. The molecule has 0 fully saturated rings. The maximum Gasteiger partial charge on any atom is 0.251 e. The van der Waals surface area contributed by atoms with E-state index in [4.69, 9.17) is 4.74 Å². The molecule has 0 aromatic heterocycles. The zero-order chi connectivity index (χ0) is 15.5. The summed E-state index contributed by atoms with van der Waals surface area (Å²) in [6.07, 6.45) is 2.11. The summed E-state index contributed by atoms with van der Waals surface area (Å²) < 4.78 is 4.75. The van der Waals surface area contributed by atoms with Crippen molar-refractivity contribution >= 4 is 17.4 Å². The van der Waals surface area contributed by atoms with Gasteiger partial charge >= 0.3 is 0 Å². The van der Waals surface area contributed by atoms with Crippen molar-refractivity contribution in [2.45, 2.75) is 26.2 Å². The van der Waals surface area contributed by atoms with Crippen molar-refractivity contribution in [2.24, 2.45) is 0 Å². The van der Waals surface area contributed by atoms with Crippen LogP contribution in [-0.2, 0) is 9.53 Å². The molecule has 5 heteroatoms. The number of ketones is 1. The number of amides is 1. The van der Waals surface area contributed by atoms with Crippen LogP contribution in [0.25, 0.3) is 0 Å². The van der Waals surface area contributed by atoms with Crippen LogP contribution in [0.15, 0.2) is 24.3 Å². The number of carbonyl (C=O) groups is 2. The van der Waals surface area contributed by atoms with Crippen LogP contribution in [-0.4, -0.2) is 38.5 Å². The zero-order valence-electron chi connectivity index (χ0n) is 12.8. The lowest BCUT2D eigenvalue weighted by atomic mass is 10.2. The summed E-state index contributed by atoms with van der Waals surface area (Å²) >= 11 is 0. The number of hydrogen-bond donors (Lipinski definition) is 2. The Morgan fingerprint density at radius 2 is 1.86 bits per heavy atom. The van der Waals surface area contributed by atoms with E-state index in [1.807, 2.05) is 12.1 Å². The number of methoxy groups -OCH3 is 1. The minimum atomic E-state index is -0.115. The maximum absolute atomic E-state index is 11.9. The van der Waals surface area contributed by atoms with E-state index in [1.165, 1.54) is 7.11 Å². The van der Waals surface area contributed by atoms with Gasteiger partial charge in [0.05, 0.1) is 0 Å². The fraction of sp³-hybridized carbons (Fsp3) is 0.500. The summed E-state index contributed by atoms with van der Waals surface area (Å²) in [5, 5.41) is 6.06. The summed E-state index contributed by atoms with van der Waals surface area (Å²) in [6, 6.07) is 7.38. The summed E-state index contributed by atoms with van der Waals surface area (Å²) in [6.45, 7) is 3.65. The van der Waals surface area contributed by atoms with E-state index in [0.29, 0.717) is 24.9 Å². The van der Waals surface area contributed by atoms with Gasteiger partial charge in [-0.1, -0.05) is 6.92 Å². The molecule has 116 valence electrons. The van der Waals surface area contributed by atoms with E-state index in [1.54, 1.807) is 12.1 Å². The lowest BCUT2D eigenvalue weighted by molar-refractivity contribution is -0.122. The molecule has 1 aromatic rings. The molecule has 5 nitrogen and oxygen atoms in total. The number of carbonyl (C=O) groups excluding carboxylic acids is 2. The average Bonchev–Trinajstić information content (AvgIpc) is 2.50. The molecule has 0 aliphatic carbocycles. The minimum Gasteiger partial charge on any atom is -0.385 e. The number of Topliss-reactive ketones (excluding diaryl/α,β-unsaturated/α-hetero) is 1. The van der Waals surface area contributed by atoms with Gasteiger partial charge < -0.3 is 15.4 Å². The first-order chi connectivity index (χ1) is 10.2. The van der Waals surface area contributed by atoms with Crippen LogP contribution in [0.1, 0.15) is 36.5 Å². The van der Waals surface area contributed by atoms with E-state index in [-0.39, 0.29) is 18.3 Å². The molecule has 0 spiro atoms. The van der Waals surface area contributed by atoms with Gasteiger partial charge in [-0.2, -0.15) is 0 Å². The maximum atomic E-state index is 11.9. The number of hydrogen-bond acceptors (Lipinski definition) is 4. The van der Waals surface area contributed by atoms with Gasteiger partial charge in [-0.25, -0.2) is 0 Å². The lowest BCUT2D eigenvalue weighted by Crippen LogP contribution is -2.25. The van der Waals surface area contributed by atoms with Gasteiger partial charge in [0, 0.05) is 37.9 Å². The Hall–Kier alpha value is -1.88. The zero-order valence-corrected chi connectivity index (χ0v) is 12.8. The SMILES string of the molecule is CCCNc1ccc(C(=O)NCCCC(=O)COC)cc1. The monoisotopic (exact) mass is 292 g/mol. The van der Waals surface area contributed by atoms with Crippen molar-refractivity contribution in [3.05, 3.63) is 29.8 Å². The highest BCUT2D eigenvalue weighted by molar-refractivity contribution is 5.94. The molecule has 0 radical (unpaired) electrons. The first-order valence-electron chi connectivity index (χ1n) is 7.30. The smallest absolute Gasteiger partial charge is 0.251 e. The van der Waals surface area contributed by atoms with Crippen LogP contribution >= 0.6 is 0 Å². The molecule has 2 N–H and O–H groups in total. The van der Waals surface area contributed by atoms with E-state index in [0.717, 1.165) is 18.7 Å². The second-order valence-corrected chi connectivity index (χ2v) is 4.84. The van der Waals surface area contributed by atoms with Gasteiger partial charge in [0.15, 0.2) is 5.78 Å². The van der Waals surface area contributed by atoms with Gasteiger partial charge in [0.2, 0.25) is 0 Å². The molecule has 21 heavy (non-hydrogen) atoms. The number of rotatable bonds is 10. The third-order valence-electron chi connectivity index (χ3n) is 2.95. The molecule has 0 heterocycles. The lowest BCUT2D eigenvalue weighted by Gasteiger charge is -2.07. The highest BCUT2D eigenvalue weighted by Crippen LogP contribution is 2.09. The van der Waals surface area contributed by atoms with Crippen LogP contribution in [0.3, 0.4) is 0 Å². The predicted octanol–water partition coefficient (Wildman–Crippen LogP) is 2.23. The molecule has 0 saturated carbocycles. The average molecular weight is 292 g/mol. The number of benzene rings is 1. The van der Waals surface area contributed by atoms with Gasteiger partial charge in [-0.3, -0.25) is 9.59 Å². The Labute approximate surface area is 126 Å². The summed E-state index contributed by atoms with van der Waals surface area (Å²) in [5.41, 5.74) is 1.64. The van der Waals surface area contributed by atoms with Gasteiger partial charge in [0.1, 0.15) is 6.61 Å². The van der Waals surface area contributed by atoms with Crippen molar-refractivity contribution in [1.29, 1.82) is 0 Å². The van der Waals surface area contributed by atoms with Crippen LogP contribution < -0.4 is 10.6 Å². The van der Waals surface area contributed by atoms with Crippen molar-refractivity contribution in [3.63, 3.8) is 0 Å². The Kier molecular flexibility index (Phi) is 8.12. The first kappa shape index (κ1) is 17.2. The van der Waals surface area contributed by atoms with E-state index in [2.05, 4.69) is 17.6 Å². The second kappa shape index (κ2) is 9.94. The third-order valence-corrected chi connectivity index (χ3v) is 2.95. The van der Waals surface area contributed by atoms with Gasteiger partial charge in [0.25, 0.3) is 5.91 Å². The molecule has 0 atom stereocenters. The highest BCUT2D eigenvalue weighted by Gasteiger charge is 2.05. The van der Waals surface area contributed by atoms with E-state index in [9.17, 15) is 9.59 Å². The quantitative estimate of drug-likeness (QED) is 0.649. The Morgan fingerprint density at radius 3 is 2.48 bits per heavy atom. The van der Waals surface area contributed by atoms with Gasteiger partial charge in [-0.05, 0) is 37.1 Å². The van der Waals surface area contributed by atoms with E-state index >= 15 is 0 Å². The van der Waals surface area contributed by atoms with Crippen LogP contribution in [0.2, 0.25) is 0 Å². The largest absolute Gasteiger partial charge is 0.385 e. The molecule has 0 aliphatic heterocycles.